The Morgan fingerprint density at radius 3 is 2.46 bits per heavy atom. The summed E-state index contributed by atoms with van der Waals surface area (Å²) in [6, 6.07) is 8.76. The zero-order valence-corrected chi connectivity index (χ0v) is 14.0. The van der Waals surface area contributed by atoms with E-state index < -0.39 is 0 Å². The molecule has 26 heavy (non-hydrogen) atoms. The molecule has 4 heterocycles. The van der Waals surface area contributed by atoms with Crippen LogP contribution in [0.15, 0.2) is 53.4 Å². The first-order valence-corrected chi connectivity index (χ1v) is 8.30. The van der Waals surface area contributed by atoms with Crippen LogP contribution in [-0.2, 0) is 0 Å². The summed E-state index contributed by atoms with van der Waals surface area (Å²) in [4.78, 5) is 32.4. The topological polar surface area (TPSA) is 95.3 Å². The van der Waals surface area contributed by atoms with Gasteiger partial charge in [0.05, 0.1) is 12.0 Å². The Kier molecular flexibility index (Phi) is 4.22. The quantitative estimate of drug-likeness (QED) is 0.774. The van der Waals surface area contributed by atoms with Crippen molar-refractivity contribution in [3.63, 3.8) is 0 Å². The summed E-state index contributed by atoms with van der Waals surface area (Å²) < 4.78 is 5.15. The van der Waals surface area contributed by atoms with Crippen molar-refractivity contribution in [2.24, 2.45) is 0 Å². The fourth-order valence-corrected chi connectivity index (χ4v) is 2.93. The van der Waals surface area contributed by atoms with Crippen molar-refractivity contribution < 1.29 is 14.0 Å². The van der Waals surface area contributed by atoms with Crippen LogP contribution < -0.4 is 0 Å². The lowest BCUT2D eigenvalue weighted by atomic mass is 10.2. The van der Waals surface area contributed by atoms with Crippen LogP contribution in [0.25, 0.3) is 11.3 Å². The Labute approximate surface area is 149 Å². The summed E-state index contributed by atoms with van der Waals surface area (Å²) in [5.74, 6) is 0.0414. The minimum Gasteiger partial charge on any atom is -0.459 e. The van der Waals surface area contributed by atoms with Gasteiger partial charge in [0.1, 0.15) is 5.69 Å². The highest BCUT2D eigenvalue weighted by Crippen LogP contribution is 2.17. The molecule has 4 rings (SSSR count). The molecule has 0 radical (unpaired) electrons. The van der Waals surface area contributed by atoms with Crippen LogP contribution in [0.5, 0.6) is 0 Å². The third-order valence-electron chi connectivity index (χ3n) is 4.35. The molecule has 132 valence electrons. The fraction of sp³-hybridized carbons (Fsp3) is 0.222. The van der Waals surface area contributed by atoms with Crippen molar-refractivity contribution in [3.8, 4) is 11.3 Å². The molecular formula is C18H17N5O3. The smallest absolute Gasteiger partial charge is 0.289 e. The summed E-state index contributed by atoms with van der Waals surface area (Å²) >= 11 is 0. The Morgan fingerprint density at radius 2 is 1.81 bits per heavy atom. The van der Waals surface area contributed by atoms with Crippen LogP contribution in [0.2, 0.25) is 0 Å². The lowest BCUT2D eigenvalue weighted by Gasteiger charge is -2.34. The van der Waals surface area contributed by atoms with E-state index in [1.54, 1.807) is 40.4 Å². The van der Waals surface area contributed by atoms with Gasteiger partial charge in [-0.1, -0.05) is 0 Å². The third-order valence-corrected chi connectivity index (χ3v) is 4.35. The Bertz CT molecular complexity index is 896. The van der Waals surface area contributed by atoms with Gasteiger partial charge in [0.15, 0.2) is 5.76 Å². The van der Waals surface area contributed by atoms with Gasteiger partial charge in [-0.2, -0.15) is 5.10 Å². The number of aromatic nitrogens is 3. The summed E-state index contributed by atoms with van der Waals surface area (Å²) in [6.45, 7) is 1.86. The first kappa shape index (κ1) is 16.1. The number of furan rings is 1. The molecule has 8 heteroatoms. The van der Waals surface area contributed by atoms with E-state index in [2.05, 4.69) is 15.2 Å². The molecule has 1 aliphatic heterocycles. The highest BCUT2D eigenvalue weighted by molar-refractivity contribution is 5.94. The summed E-state index contributed by atoms with van der Waals surface area (Å²) in [5, 5.41) is 6.98. The molecule has 0 aliphatic carbocycles. The molecule has 3 aromatic heterocycles. The van der Waals surface area contributed by atoms with E-state index in [4.69, 9.17) is 4.42 Å². The average molecular weight is 351 g/mol. The molecule has 0 aromatic carbocycles. The van der Waals surface area contributed by atoms with E-state index in [-0.39, 0.29) is 11.8 Å². The van der Waals surface area contributed by atoms with Crippen molar-refractivity contribution in [1.82, 2.24) is 25.0 Å². The summed E-state index contributed by atoms with van der Waals surface area (Å²) in [7, 11) is 0. The predicted octanol–water partition coefficient (Wildman–Crippen LogP) is 1.66. The van der Waals surface area contributed by atoms with Gasteiger partial charge < -0.3 is 14.2 Å². The number of aromatic amines is 1. The largest absolute Gasteiger partial charge is 0.459 e. The summed E-state index contributed by atoms with van der Waals surface area (Å²) in [6.07, 6.45) is 4.86. The van der Waals surface area contributed by atoms with Gasteiger partial charge in [-0.3, -0.25) is 19.7 Å². The van der Waals surface area contributed by atoms with Crippen LogP contribution >= 0.6 is 0 Å². The standard InChI is InChI=1S/C18H17N5O3/c24-17(15-11-14(20-21-15)13-3-1-5-19-12-13)22-6-8-23(9-7-22)18(25)16-4-2-10-26-16/h1-5,10-12H,6-9H2,(H,20,21). The number of carbonyl (C=O) groups is 2. The Hall–Kier alpha value is -3.42. The second kappa shape index (κ2) is 6.83. The molecule has 2 amide bonds. The molecule has 0 saturated carbocycles. The fourth-order valence-electron chi connectivity index (χ4n) is 2.93. The molecule has 0 bridgehead atoms. The molecule has 0 spiro atoms. The van der Waals surface area contributed by atoms with Gasteiger partial charge in [-0.15, -0.1) is 0 Å². The van der Waals surface area contributed by atoms with Gasteiger partial charge in [0, 0.05) is 44.1 Å². The highest BCUT2D eigenvalue weighted by Gasteiger charge is 2.27. The van der Waals surface area contributed by atoms with Crippen LogP contribution in [0.4, 0.5) is 0 Å². The van der Waals surface area contributed by atoms with Crippen molar-refractivity contribution in [2.75, 3.05) is 26.2 Å². The second-order valence-corrected chi connectivity index (χ2v) is 5.97. The van der Waals surface area contributed by atoms with Crippen molar-refractivity contribution in [2.45, 2.75) is 0 Å². The number of carbonyl (C=O) groups excluding carboxylic acids is 2. The highest BCUT2D eigenvalue weighted by atomic mass is 16.3. The predicted molar refractivity (Wildman–Crippen MR) is 92.3 cm³/mol. The molecule has 1 fully saturated rings. The Balaban J connectivity index is 1.40. The number of amides is 2. The molecule has 1 aliphatic rings. The number of pyridine rings is 1. The van der Waals surface area contributed by atoms with E-state index in [0.29, 0.717) is 43.3 Å². The monoisotopic (exact) mass is 351 g/mol. The summed E-state index contributed by atoms with van der Waals surface area (Å²) in [5.41, 5.74) is 1.94. The van der Waals surface area contributed by atoms with Crippen molar-refractivity contribution in [1.29, 1.82) is 0 Å². The Morgan fingerprint density at radius 1 is 1.04 bits per heavy atom. The average Bonchev–Trinajstić information content (AvgIpc) is 3.40. The number of hydrogen-bond donors (Lipinski definition) is 1. The van der Waals surface area contributed by atoms with Crippen molar-refractivity contribution >= 4 is 11.8 Å². The number of H-pyrrole nitrogens is 1. The molecule has 0 unspecified atom stereocenters. The van der Waals surface area contributed by atoms with E-state index in [0.717, 1.165) is 5.56 Å². The van der Waals surface area contributed by atoms with Gasteiger partial charge in [0.25, 0.3) is 11.8 Å². The first-order chi connectivity index (χ1) is 12.7. The maximum atomic E-state index is 12.7. The molecule has 1 N–H and O–H groups in total. The minimum atomic E-state index is -0.150. The minimum absolute atomic E-state index is 0.127. The van der Waals surface area contributed by atoms with Gasteiger partial charge in [-0.05, 0) is 30.3 Å². The number of hydrogen-bond acceptors (Lipinski definition) is 5. The lowest BCUT2D eigenvalue weighted by Crippen LogP contribution is -2.50. The SMILES string of the molecule is O=C(c1cc(-c2cccnc2)n[nH]1)N1CCN(C(=O)c2ccco2)CC1. The van der Waals surface area contributed by atoms with E-state index in [1.807, 2.05) is 12.1 Å². The lowest BCUT2D eigenvalue weighted by molar-refractivity contribution is 0.0515. The van der Waals surface area contributed by atoms with Crippen molar-refractivity contribution in [3.05, 3.63) is 60.4 Å². The zero-order chi connectivity index (χ0) is 17.9. The van der Waals surface area contributed by atoms with Crippen LogP contribution in [0.3, 0.4) is 0 Å². The maximum Gasteiger partial charge on any atom is 0.289 e. The zero-order valence-electron chi connectivity index (χ0n) is 14.0. The van der Waals surface area contributed by atoms with Crippen LogP contribution in [0, 0.1) is 0 Å². The number of nitrogens with zero attached hydrogens (tertiary/aromatic N) is 4. The number of nitrogens with one attached hydrogen (secondary N) is 1. The third kappa shape index (κ3) is 3.08. The first-order valence-electron chi connectivity index (χ1n) is 8.30. The molecule has 1 saturated heterocycles. The molecule has 8 nitrogen and oxygen atoms in total. The van der Waals surface area contributed by atoms with Gasteiger partial charge in [-0.25, -0.2) is 0 Å². The molecule has 3 aromatic rings. The second-order valence-electron chi connectivity index (χ2n) is 5.97. The van der Waals surface area contributed by atoms with E-state index in [1.165, 1.54) is 6.26 Å². The molecular weight excluding hydrogens is 334 g/mol. The number of rotatable bonds is 3. The molecule has 0 atom stereocenters. The van der Waals surface area contributed by atoms with Gasteiger partial charge >= 0.3 is 0 Å². The normalized spacial score (nSPS) is 14.5. The van der Waals surface area contributed by atoms with Gasteiger partial charge in [0.2, 0.25) is 0 Å². The van der Waals surface area contributed by atoms with Crippen LogP contribution in [-0.4, -0.2) is 63.0 Å². The van der Waals surface area contributed by atoms with Crippen LogP contribution in [0.1, 0.15) is 21.0 Å². The maximum absolute atomic E-state index is 12.7. The van der Waals surface area contributed by atoms with E-state index >= 15 is 0 Å². The van der Waals surface area contributed by atoms with E-state index in [9.17, 15) is 9.59 Å². The number of piperazine rings is 1.